The molecule has 1 aromatic heterocycles. The van der Waals surface area contributed by atoms with Gasteiger partial charge in [0.25, 0.3) is 0 Å². The molecule has 0 atom stereocenters. The van der Waals surface area contributed by atoms with Crippen molar-refractivity contribution >= 4 is 17.8 Å². The monoisotopic (exact) mass is 399 g/mol. The topological polar surface area (TPSA) is 85.8 Å². The van der Waals surface area contributed by atoms with Gasteiger partial charge in [-0.15, -0.1) is 0 Å². The van der Waals surface area contributed by atoms with E-state index in [1.807, 2.05) is 6.07 Å². The van der Waals surface area contributed by atoms with Gasteiger partial charge in [-0.2, -0.15) is 0 Å². The Balaban J connectivity index is 1.36. The van der Waals surface area contributed by atoms with Gasteiger partial charge in [-0.25, -0.2) is 14.4 Å². The molecule has 2 aromatic rings. The summed E-state index contributed by atoms with van der Waals surface area (Å²) in [5.41, 5.74) is 0.785. The molecule has 1 saturated heterocycles. The summed E-state index contributed by atoms with van der Waals surface area (Å²) >= 11 is 0. The largest absolute Gasteiger partial charge is 0.354 e. The third-order valence-electron chi connectivity index (χ3n) is 4.63. The summed E-state index contributed by atoms with van der Waals surface area (Å²) in [5.74, 6) is 1.16. The first-order chi connectivity index (χ1) is 14.2. The van der Waals surface area contributed by atoms with Gasteiger partial charge in [0.1, 0.15) is 5.82 Å². The zero-order chi connectivity index (χ0) is 20.5. The van der Waals surface area contributed by atoms with Crippen molar-refractivity contribution in [3.05, 3.63) is 54.1 Å². The minimum atomic E-state index is -0.304. The molecule has 0 radical (unpaired) electrons. The smallest absolute Gasteiger partial charge is 0.225 e. The number of carbonyl (C=O) groups is 1. The number of anilines is 1. The fourth-order valence-corrected chi connectivity index (χ4v) is 3.13. The molecule has 9 heteroatoms. The molecule has 1 aromatic carbocycles. The molecule has 29 heavy (non-hydrogen) atoms. The van der Waals surface area contributed by atoms with Crippen LogP contribution in [0.4, 0.5) is 10.3 Å². The van der Waals surface area contributed by atoms with Crippen LogP contribution in [-0.4, -0.2) is 73.1 Å². The molecular weight excluding hydrogens is 373 g/mol. The Bertz CT molecular complexity index is 805. The van der Waals surface area contributed by atoms with Gasteiger partial charge < -0.3 is 20.4 Å². The van der Waals surface area contributed by atoms with Gasteiger partial charge in [0.15, 0.2) is 5.96 Å². The molecule has 0 bridgehead atoms. The lowest BCUT2D eigenvalue weighted by atomic mass is 10.1. The number of rotatable bonds is 6. The Kier molecular flexibility index (Phi) is 7.32. The zero-order valence-electron chi connectivity index (χ0n) is 16.5. The molecule has 154 valence electrons. The minimum Gasteiger partial charge on any atom is -0.354 e. The molecule has 0 spiro atoms. The molecule has 0 unspecified atom stereocenters. The fraction of sp³-hybridized carbons (Fsp3) is 0.400. The van der Waals surface area contributed by atoms with Crippen molar-refractivity contribution < 1.29 is 9.18 Å². The van der Waals surface area contributed by atoms with E-state index in [2.05, 4.69) is 35.4 Å². The first-order valence-electron chi connectivity index (χ1n) is 9.64. The first-order valence-corrected chi connectivity index (χ1v) is 9.64. The van der Waals surface area contributed by atoms with Crippen molar-refractivity contribution in [2.75, 3.05) is 51.2 Å². The quantitative estimate of drug-likeness (QED) is 0.422. The lowest BCUT2D eigenvalue weighted by Gasteiger charge is -2.36. The molecule has 1 amide bonds. The maximum absolute atomic E-state index is 12.9. The normalized spacial score (nSPS) is 14.6. The third-order valence-corrected chi connectivity index (χ3v) is 4.63. The van der Waals surface area contributed by atoms with Crippen molar-refractivity contribution in [2.24, 2.45) is 4.99 Å². The SMILES string of the molecule is CN=C(NCCNC(=O)Cc1ccc(F)cc1)N1CCN(c2ncccn2)CC1. The molecule has 3 rings (SSSR count). The van der Waals surface area contributed by atoms with Crippen molar-refractivity contribution in [2.45, 2.75) is 6.42 Å². The maximum atomic E-state index is 12.9. The number of nitrogens with one attached hydrogen (secondary N) is 2. The van der Waals surface area contributed by atoms with E-state index < -0.39 is 0 Å². The van der Waals surface area contributed by atoms with Crippen LogP contribution in [0.5, 0.6) is 0 Å². The van der Waals surface area contributed by atoms with Crippen LogP contribution < -0.4 is 15.5 Å². The van der Waals surface area contributed by atoms with E-state index in [0.29, 0.717) is 13.1 Å². The predicted molar refractivity (Wildman–Crippen MR) is 110 cm³/mol. The summed E-state index contributed by atoms with van der Waals surface area (Å²) in [6.07, 6.45) is 3.73. The standard InChI is InChI=1S/C20H26FN7O/c1-22-19(27-11-13-28(14-12-27)20-24-7-2-8-25-20)26-10-9-23-18(29)15-16-3-5-17(21)6-4-16/h2-8H,9-15H2,1H3,(H,22,26)(H,23,29). The summed E-state index contributed by atoms with van der Waals surface area (Å²) in [5, 5.41) is 6.15. The molecule has 1 fully saturated rings. The zero-order valence-corrected chi connectivity index (χ0v) is 16.5. The van der Waals surface area contributed by atoms with Crippen LogP contribution in [0, 0.1) is 5.82 Å². The van der Waals surface area contributed by atoms with Crippen LogP contribution in [0.2, 0.25) is 0 Å². The summed E-state index contributed by atoms with van der Waals surface area (Å²) in [6.45, 7) is 4.32. The summed E-state index contributed by atoms with van der Waals surface area (Å²) < 4.78 is 12.9. The van der Waals surface area contributed by atoms with Gasteiger partial charge in [0, 0.05) is 58.7 Å². The number of guanidine groups is 1. The Hall–Kier alpha value is -3.23. The summed E-state index contributed by atoms with van der Waals surface area (Å²) in [7, 11) is 1.75. The van der Waals surface area contributed by atoms with E-state index in [1.54, 1.807) is 31.6 Å². The second-order valence-electron chi connectivity index (χ2n) is 6.65. The molecule has 8 nitrogen and oxygen atoms in total. The lowest BCUT2D eigenvalue weighted by molar-refractivity contribution is -0.120. The molecule has 0 aliphatic carbocycles. The van der Waals surface area contributed by atoms with Gasteiger partial charge >= 0.3 is 0 Å². The number of halogens is 1. The number of piperazine rings is 1. The Labute approximate surface area is 169 Å². The summed E-state index contributed by atoms with van der Waals surface area (Å²) in [6, 6.07) is 7.77. The highest BCUT2D eigenvalue weighted by atomic mass is 19.1. The van der Waals surface area contributed by atoms with E-state index >= 15 is 0 Å². The number of benzene rings is 1. The number of hydrogen-bond donors (Lipinski definition) is 2. The van der Waals surface area contributed by atoms with Gasteiger partial charge in [-0.1, -0.05) is 12.1 Å². The van der Waals surface area contributed by atoms with Gasteiger partial charge in [-0.3, -0.25) is 9.79 Å². The third kappa shape index (κ3) is 6.13. The average molecular weight is 399 g/mol. The van der Waals surface area contributed by atoms with Crippen molar-refractivity contribution in [3.8, 4) is 0 Å². The second-order valence-corrected chi connectivity index (χ2v) is 6.65. The number of aromatic nitrogens is 2. The number of aliphatic imine (C=N–C) groups is 1. The van der Waals surface area contributed by atoms with Crippen LogP contribution in [0.1, 0.15) is 5.56 Å². The Morgan fingerprint density at radius 2 is 1.72 bits per heavy atom. The van der Waals surface area contributed by atoms with Crippen molar-refractivity contribution in [3.63, 3.8) is 0 Å². The van der Waals surface area contributed by atoms with Crippen LogP contribution >= 0.6 is 0 Å². The lowest BCUT2D eigenvalue weighted by Crippen LogP contribution is -2.53. The fourth-order valence-electron chi connectivity index (χ4n) is 3.13. The van der Waals surface area contributed by atoms with Gasteiger partial charge in [0.2, 0.25) is 11.9 Å². The highest BCUT2D eigenvalue weighted by Crippen LogP contribution is 2.09. The predicted octanol–water partition coefficient (Wildman–Crippen LogP) is 0.672. The average Bonchev–Trinajstić information content (AvgIpc) is 2.76. The van der Waals surface area contributed by atoms with E-state index in [9.17, 15) is 9.18 Å². The molecule has 0 saturated carbocycles. The minimum absolute atomic E-state index is 0.0927. The highest BCUT2D eigenvalue weighted by Gasteiger charge is 2.20. The summed E-state index contributed by atoms with van der Waals surface area (Å²) in [4.78, 5) is 29.3. The van der Waals surface area contributed by atoms with E-state index in [4.69, 9.17) is 0 Å². The van der Waals surface area contributed by atoms with E-state index in [1.165, 1.54) is 12.1 Å². The van der Waals surface area contributed by atoms with Crippen molar-refractivity contribution in [1.29, 1.82) is 0 Å². The van der Waals surface area contributed by atoms with Crippen LogP contribution in [0.15, 0.2) is 47.7 Å². The van der Waals surface area contributed by atoms with Crippen molar-refractivity contribution in [1.82, 2.24) is 25.5 Å². The molecule has 1 aliphatic heterocycles. The number of amides is 1. The number of hydrogen-bond acceptors (Lipinski definition) is 5. The van der Waals surface area contributed by atoms with E-state index in [0.717, 1.165) is 43.7 Å². The maximum Gasteiger partial charge on any atom is 0.225 e. The molecule has 2 heterocycles. The highest BCUT2D eigenvalue weighted by molar-refractivity contribution is 5.80. The first kappa shape index (κ1) is 20.5. The second kappa shape index (κ2) is 10.4. The van der Waals surface area contributed by atoms with Gasteiger partial charge in [-0.05, 0) is 23.8 Å². The van der Waals surface area contributed by atoms with Gasteiger partial charge in [0.05, 0.1) is 6.42 Å². The number of nitrogens with zero attached hydrogens (tertiary/aromatic N) is 5. The Morgan fingerprint density at radius 1 is 1.07 bits per heavy atom. The molecule has 1 aliphatic rings. The van der Waals surface area contributed by atoms with Crippen LogP contribution in [0.25, 0.3) is 0 Å². The van der Waals surface area contributed by atoms with E-state index in [-0.39, 0.29) is 18.1 Å². The van der Waals surface area contributed by atoms with Crippen LogP contribution in [0.3, 0.4) is 0 Å². The molecular formula is C20H26FN7O. The van der Waals surface area contributed by atoms with Crippen LogP contribution in [-0.2, 0) is 11.2 Å². The number of carbonyl (C=O) groups excluding carboxylic acids is 1. The Morgan fingerprint density at radius 3 is 2.38 bits per heavy atom. The molecule has 2 N–H and O–H groups in total.